The van der Waals surface area contributed by atoms with E-state index in [1.165, 1.54) is 0 Å². The van der Waals surface area contributed by atoms with Gasteiger partial charge in [0.25, 0.3) is 0 Å². The van der Waals surface area contributed by atoms with Crippen LogP contribution < -0.4 is 5.32 Å². The zero-order valence-electron chi connectivity index (χ0n) is 11.4. The molecule has 3 rings (SSSR count). The van der Waals surface area contributed by atoms with Crippen LogP contribution in [0.25, 0.3) is 10.9 Å². The first kappa shape index (κ1) is 13.9. The van der Waals surface area contributed by atoms with Crippen molar-refractivity contribution in [3.05, 3.63) is 58.4 Å². The van der Waals surface area contributed by atoms with Crippen molar-refractivity contribution >= 4 is 28.2 Å². The Labute approximate surface area is 126 Å². The van der Waals surface area contributed by atoms with E-state index in [1.807, 2.05) is 48.0 Å². The summed E-state index contributed by atoms with van der Waals surface area (Å²) in [6, 6.07) is 11.3. The van der Waals surface area contributed by atoms with Crippen LogP contribution in [0.3, 0.4) is 0 Å². The van der Waals surface area contributed by atoms with Crippen molar-refractivity contribution in [2.45, 2.75) is 19.0 Å². The molecule has 0 amide bonds. The zero-order valence-corrected chi connectivity index (χ0v) is 12.2. The fourth-order valence-corrected chi connectivity index (χ4v) is 3.06. The number of aromatic amines is 1. The molecule has 0 saturated heterocycles. The Morgan fingerprint density at radius 3 is 2.90 bits per heavy atom. The van der Waals surface area contributed by atoms with Gasteiger partial charge in [-0.05, 0) is 23.1 Å². The maximum absolute atomic E-state index is 11.5. The maximum atomic E-state index is 11.5. The zero-order chi connectivity index (χ0) is 14.7. The van der Waals surface area contributed by atoms with E-state index in [0.717, 1.165) is 21.3 Å². The summed E-state index contributed by atoms with van der Waals surface area (Å²) in [6.45, 7) is 0.580. The number of aliphatic carboxylic acids is 1. The van der Waals surface area contributed by atoms with E-state index in [1.54, 1.807) is 11.3 Å². The molecule has 0 aliphatic heterocycles. The smallest absolute Gasteiger partial charge is 0.321 e. The van der Waals surface area contributed by atoms with E-state index in [0.29, 0.717) is 13.0 Å². The van der Waals surface area contributed by atoms with Gasteiger partial charge in [-0.25, -0.2) is 0 Å². The second kappa shape index (κ2) is 6.11. The van der Waals surface area contributed by atoms with Gasteiger partial charge < -0.3 is 10.1 Å². The highest BCUT2D eigenvalue weighted by Crippen LogP contribution is 2.19. The number of H-pyrrole nitrogens is 1. The topological polar surface area (TPSA) is 65.1 Å². The molecule has 0 radical (unpaired) electrons. The van der Waals surface area contributed by atoms with E-state index < -0.39 is 12.0 Å². The molecular formula is C16H16N2O2S. The number of hydrogen-bond acceptors (Lipinski definition) is 3. The van der Waals surface area contributed by atoms with Crippen molar-refractivity contribution in [1.82, 2.24) is 10.3 Å². The summed E-state index contributed by atoms with van der Waals surface area (Å²) in [5.74, 6) is -0.822. The second-order valence-corrected chi connectivity index (χ2v) is 5.95. The molecular weight excluding hydrogens is 284 g/mol. The van der Waals surface area contributed by atoms with Crippen LogP contribution in [0.2, 0.25) is 0 Å². The number of carbonyl (C=O) groups is 1. The van der Waals surface area contributed by atoms with Crippen molar-refractivity contribution in [2.75, 3.05) is 0 Å². The molecule has 1 atom stereocenters. The summed E-state index contributed by atoms with van der Waals surface area (Å²) >= 11 is 1.63. The molecule has 2 heterocycles. The summed E-state index contributed by atoms with van der Waals surface area (Å²) in [5.41, 5.74) is 2.06. The minimum Gasteiger partial charge on any atom is -0.480 e. The Morgan fingerprint density at radius 1 is 1.29 bits per heavy atom. The van der Waals surface area contributed by atoms with Crippen molar-refractivity contribution in [3.8, 4) is 0 Å². The van der Waals surface area contributed by atoms with Crippen molar-refractivity contribution < 1.29 is 9.90 Å². The Kier molecular flexibility index (Phi) is 4.03. The number of thiophene rings is 1. The van der Waals surface area contributed by atoms with Gasteiger partial charge in [-0.2, -0.15) is 0 Å². The summed E-state index contributed by atoms with van der Waals surface area (Å²) in [6.07, 6.45) is 2.36. The van der Waals surface area contributed by atoms with Gasteiger partial charge in [-0.15, -0.1) is 11.3 Å². The van der Waals surface area contributed by atoms with Gasteiger partial charge in [-0.1, -0.05) is 24.3 Å². The predicted octanol–water partition coefficient (Wildman–Crippen LogP) is 3.01. The van der Waals surface area contributed by atoms with Gasteiger partial charge in [0.1, 0.15) is 6.04 Å². The molecule has 0 aliphatic carbocycles. The van der Waals surface area contributed by atoms with Crippen LogP contribution in [-0.4, -0.2) is 22.1 Å². The van der Waals surface area contributed by atoms with Crippen LogP contribution in [0.4, 0.5) is 0 Å². The normalized spacial score (nSPS) is 12.6. The molecule has 3 aromatic rings. The lowest BCUT2D eigenvalue weighted by Gasteiger charge is -2.13. The molecule has 5 heteroatoms. The van der Waals surface area contributed by atoms with Crippen molar-refractivity contribution in [2.24, 2.45) is 0 Å². The third-order valence-corrected chi connectivity index (χ3v) is 4.38. The minimum absolute atomic E-state index is 0.463. The lowest BCUT2D eigenvalue weighted by Crippen LogP contribution is -2.37. The number of hydrogen-bond donors (Lipinski definition) is 3. The van der Waals surface area contributed by atoms with Gasteiger partial charge in [0, 0.05) is 34.9 Å². The SMILES string of the molecule is O=C(O)[C@H](Cc1c[nH]c2ccccc12)NCc1cccs1. The Hall–Kier alpha value is -2.11. The molecule has 4 nitrogen and oxygen atoms in total. The van der Waals surface area contributed by atoms with E-state index >= 15 is 0 Å². The Morgan fingerprint density at radius 2 is 2.14 bits per heavy atom. The number of rotatable bonds is 6. The van der Waals surface area contributed by atoms with Gasteiger partial charge in [-0.3, -0.25) is 10.1 Å². The quantitative estimate of drug-likeness (QED) is 0.655. The molecule has 0 spiro atoms. The Balaban J connectivity index is 1.74. The molecule has 21 heavy (non-hydrogen) atoms. The van der Waals surface area contributed by atoms with E-state index in [9.17, 15) is 9.90 Å². The first-order valence-corrected chi connectivity index (χ1v) is 7.65. The monoisotopic (exact) mass is 300 g/mol. The maximum Gasteiger partial charge on any atom is 0.321 e. The lowest BCUT2D eigenvalue weighted by atomic mass is 10.1. The molecule has 0 fully saturated rings. The van der Waals surface area contributed by atoms with Crippen LogP contribution in [-0.2, 0) is 17.8 Å². The van der Waals surface area contributed by atoms with Crippen LogP contribution in [0.15, 0.2) is 48.0 Å². The van der Waals surface area contributed by atoms with Gasteiger partial charge in [0.05, 0.1) is 0 Å². The highest BCUT2D eigenvalue weighted by Gasteiger charge is 2.19. The summed E-state index contributed by atoms with van der Waals surface area (Å²) in [5, 5.41) is 15.6. The van der Waals surface area contributed by atoms with Crippen LogP contribution >= 0.6 is 11.3 Å². The second-order valence-electron chi connectivity index (χ2n) is 4.91. The van der Waals surface area contributed by atoms with Crippen molar-refractivity contribution in [1.29, 1.82) is 0 Å². The van der Waals surface area contributed by atoms with Crippen molar-refractivity contribution in [3.63, 3.8) is 0 Å². The summed E-state index contributed by atoms with van der Waals surface area (Å²) in [4.78, 5) is 15.8. The predicted molar refractivity (Wildman–Crippen MR) is 84.6 cm³/mol. The molecule has 0 bridgehead atoms. The van der Waals surface area contributed by atoms with Gasteiger partial charge in [0.15, 0.2) is 0 Å². The van der Waals surface area contributed by atoms with Crippen LogP contribution in [0.5, 0.6) is 0 Å². The number of aromatic nitrogens is 1. The van der Waals surface area contributed by atoms with Gasteiger partial charge in [0.2, 0.25) is 0 Å². The number of para-hydroxylation sites is 1. The first-order valence-electron chi connectivity index (χ1n) is 6.77. The highest BCUT2D eigenvalue weighted by molar-refractivity contribution is 7.09. The fourth-order valence-electron chi connectivity index (χ4n) is 2.40. The largest absolute Gasteiger partial charge is 0.480 e. The minimum atomic E-state index is -0.822. The molecule has 2 aromatic heterocycles. The average molecular weight is 300 g/mol. The van der Waals surface area contributed by atoms with Gasteiger partial charge >= 0.3 is 5.97 Å². The molecule has 3 N–H and O–H groups in total. The molecule has 0 aliphatic rings. The number of carboxylic acid groups (broad SMARTS) is 1. The number of carboxylic acids is 1. The Bertz CT molecular complexity index is 734. The first-order chi connectivity index (χ1) is 10.2. The number of benzene rings is 1. The number of fused-ring (bicyclic) bond motifs is 1. The van der Waals surface area contributed by atoms with Crippen LogP contribution in [0, 0.1) is 0 Å². The molecule has 108 valence electrons. The van der Waals surface area contributed by atoms with E-state index in [-0.39, 0.29) is 0 Å². The third-order valence-electron chi connectivity index (χ3n) is 3.50. The molecule has 0 saturated carbocycles. The van der Waals surface area contributed by atoms with Crippen LogP contribution in [0.1, 0.15) is 10.4 Å². The lowest BCUT2D eigenvalue weighted by molar-refractivity contribution is -0.139. The molecule has 1 aromatic carbocycles. The summed E-state index contributed by atoms with van der Waals surface area (Å²) in [7, 11) is 0. The standard InChI is InChI=1S/C16H16N2O2S/c19-16(20)15(18-10-12-4-3-7-21-12)8-11-9-17-14-6-2-1-5-13(11)14/h1-7,9,15,17-18H,8,10H2,(H,19,20)/t15-/m0/s1. The highest BCUT2D eigenvalue weighted by atomic mass is 32.1. The summed E-state index contributed by atoms with van der Waals surface area (Å²) < 4.78 is 0. The fraction of sp³-hybridized carbons (Fsp3) is 0.188. The third kappa shape index (κ3) is 3.15. The van der Waals surface area contributed by atoms with E-state index in [2.05, 4.69) is 10.3 Å². The average Bonchev–Trinajstić information content (AvgIpc) is 3.13. The number of nitrogens with one attached hydrogen (secondary N) is 2. The van der Waals surface area contributed by atoms with E-state index in [4.69, 9.17) is 0 Å². The molecule has 0 unspecified atom stereocenters.